The largest absolute Gasteiger partial charge is 0.506 e. The van der Waals surface area contributed by atoms with Crippen LogP contribution in [0.3, 0.4) is 0 Å². The van der Waals surface area contributed by atoms with Gasteiger partial charge >= 0.3 is 5.97 Å². The van der Waals surface area contributed by atoms with E-state index >= 15 is 0 Å². The van der Waals surface area contributed by atoms with Crippen molar-refractivity contribution in [1.82, 2.24) is 4.90 Å². The molecule has 0 aliphatic rings. The number of likely N-dealkylation sites (N-methyl/N-ethyl adjacent to an activating group) is 1. The zero-order chi connectivity index (χ0) is 13.9. The highest BCUT2D eigenvalue weighted by Gasteiger charge is 2.21. The first kappa shape index (κ1) is 15.5. The molecule has 0 bridgehead atoms. The van der Waals surface area contributed by atoms with Crippen molar-refractivity contribution >= 4 is 57.1 Å². The Morgan fingerprint density at radius 1 is 1.33 bits per heavy atom. The Labute approximate surface area is 131 Å². The Balaban J connectivity index is 3.12. The molecule has 98 valence electrons. The Hall–Kier alpha value is -0.580. The molecular weight excluding hydrogens is 464 g/mol. The van der Waals surface area contributed by atoms with Crippen molar-refractivity contribution < 1.29 is 19.8 Å². The lowest BCUT2D eigenvalue weighted by Gasteiger charge is -2.19. The van der Waals surface area contributed by atoms with Gasteiger partial charge in [0.1, 0.15) is 12.3 Å². The fraction of sp³-hybridized carbons (Fsp3) is 0.273. The quantitative estimate of drug-likeness (QED) is 0.655. The number of hydrogen-bond acceptors (Lipinski definition) is 3. The molecule has 7 heteroatoms. The Morgan fingerprint density at radius 3 is 2.44 bits per heavy atom. The van der Waals surface area contributed by atoms with Gasteiger partial charge in [-0.1, -0.05) is 0 Å². The van der Waals surface area contributed by atoms with E-state index in [4.69, 9.17) is 5.11 Å². The maximum Gasteiger partial charge on any atom is 0.323 e. The van der Waals surface area contributed by atoms with Crippen molar-refractivity contribution in [2.75, 3.05) is 13.1 Å². The van der Waals surface area contributed by atoms with Gasteiger partial charge in [0.25, 0.3) is 5.91 Å². The Kier molecular flexibility index (Phi) is 5.63. The Bertz CT molecular complexity index is 490. The molecule has 1 aromatic carbocycles. The zero-order valence-electron chi connectivity index (χ0n) is 9.48. The molecule has 0 fully saturated rings. The monoisotopic (exact) mass is 475 g/mol. The molecule has 1 aromatic rings. The molecule has 0 spiro atoms. The number of halogens is 2. The van der Waals surface area contributed by atoms with Crippen molar-refractivity contribution in [2.24, 2.45) is 0 Å². The second kappa shape index (κ2) is 6.55. The first-order chi connectivity index (χ1) is 8.36. The van der Waals surface area contributed by atoms with Crippen LogP contribution in [0.2, 0.25) is 0 Å². The highest BCUT2D eigenvalue weighted by atomic mass is 127. The van der Waals surface area contributed by atoms with Crippen LogP contribution in [-0.4, -0.2) is 40.1 Å². The number of carboxylic acids is 1. The number of rotatable bonds is 4. The third-order valence-corrected chi connectivity index (χ3v) is 3.70. The summed E-state index contributed by atoms with van der Waals surface area (Å²) >= 11 is 3.97. The van der Waals surface area contributed by atoms with E-state index in [1.165, 1.54) is 4.90 Å². The smallest absolute Gasteiger partial charge is 0.323 e. The summed E-state index contributed by atoms with van der Waals surface area (Å²) in [4.78, 5) is 24.0. The molecule has 0 aromatic heterocycles. The van der Waals surface area contributed by atoms with Crippen LogP contribution in [0.15, 0.2) is 12.1 Å². The number of phenols is 1. The van der Waals surface area contributed by atoms with Crippen LogP contribution in [0.25, 0.3) is 0 Å². The topological polar surface area (TPSA) is 77.8 Å². The van der Waals surface area contributed by atoms with E-state index in [1.54, 1.807) is 19.1 Å². The molecule has 0 unspecified atom stereocenters. The molecule has 0 atom stereocenters. The minimum absolute atomic E-state index is 0.107. The van der Waals surface area contributed by atoms with Gasteiger partial charge in [0.15, 0.2) is 0 Å². The van der Waals surface area contributed by atoms with Gasteiger partial charge in [0.05, 0.1) is 9.13 Å². The molecule has 2 N–H and O–H groups in total. The van der Waals surface area contributed by atoms with Crippen LogP contribution < -0.4 is 0 Å². The van der Waals surface area contributed by atoms with Gasteiger partial charge in [-0.2, -0.15) is 0 Å². The third kappa shape index (κ3) is 3.70. The molecule has 0 radical (unpaired) electrons. The molecule has 0 heterocycles. The van der Waals surface area contributed by atoms with Crippen LogP contribution in [-0.2, 0) is 4.79 Å². The SMILES string of the molecule is CCN(CC(=O)O)C(=O)c1cc(I)cc(I)c1O. The maximum absolute atomic E-state index is 12.1. The van der Waals surface area contributed by atoms with Gasteiger partial charge in [-0.05, 0) is 64.2 Å². The zero-order valence-corrected chi connectivity index (χ0v) is 13.8. The highest BCUT2D eigenvalue weighted by molar-refractivity contribution is 14.1. The summed E-state index contributed by atoms with van der Waals surface area (Å²) in [7, 11) is 0. The highest BCUT2D eigenvalue weighted by Crippen LogP contribution is 2.27. The van der Waals surface area contributed by atoms with E-state index in [0.29, 0.717) is 3.57 Å². The Morgan fingerprint density at radius 2 is 1.94 bits per heavy atom. The van der Waals surface area contributed by atoms with E-state index < -0.39 is 11.9 Å². The summed E-state index contributed by atoms with van der Waals surface area (Å²) in [6.07, 6.45) is 0. The number of nitrogens with zero attached hydrogens (tertiary/aromatic N) is 1. The minimum atomic E-state index is -1.08. The van der Waals surface area contributed by atoms with Crippen LogP contribution in [0.1, 0.15) is 17.3 Å². The van der Waals surface area contributed by atoms with Crippen LogP contribution in [0, 0.1) is 7.14 Å². The third-order valence-electron chi connectivity index (χ3n) is 2.25. The lowest BCUT2D eigenvalue weighted by atomic mass is 10.1. The fourth-order valence-corrected chi connectivity index (χ4v) is 3.23. The van der Waals surface area contributed by atoms with Gasteiger partial charge in [-0.15, -0.1) is 0 Å². The average molecular weight is 475 g/mol. The van der Waals surface area contributed by atoms with Gasteiger partial charge in [-0.25, -0.2) is 0 Å². The number of carboxylic acid groups (broad SMARTS) is 1. The molecule has 0 aliphatic heterocycles. The second-order valence-corrected chi connectivity index (χ2v) is 5.90. The van der Waals surface area contributed by atoms with Crippen LogP contribution in [0.5, 0.6) is 5.75 Å². The van der Waals surface area contributed by atoms with Crippen LogP contribution >= 0.6 is 45.2 Å². The summed E-state index contributed by atoms with van der Waals surface area (Å²) in [6.45, 7) is 1.58. The number of aromatic hydroxyl groups is 1. The van der Waals surface area contributed by atoms with Crippen molar-refractivity contribution in [3.63, 3.8) is 0 Å². The molecule has 1 rings (SSSR count). The first-order valence-electron chi connectivity index (χ1n) is 5.05. The number of aliphatic carboxylic acids is 1. The number of hydrogen-bond donors (Lipinski definition) is 2. The van der Waals surface area contributed by atoms with Crippen molar-refractivity contribution in [2.45, 2.75) is 6.92 Å². The van der Waals surface area contributed by atoms with Crippen molar-refractivity contribution in [3.8, 4) is 5.75 Å². The number of amides is 1. The second-order valence-electron chi connectivity index (χ2n) is 3.50. The number of carbonyl (C=O) groups excluding carboxylic acids is 1. The van der Waals surface area contributed by atoms with Gasteiger partial charge in [-0.3, -0.25) is 9.59 Å². The van der Waals surface area contributed by atoms with E-state index in [-0.39, 0.29) is 24.4 Å². The molecule has 5 nitrogen and oxygen atoms in total. The standard InChI is InChI=1S/C11H11I2NO4/c1-2-14(5-9(15)16)11(18)7-3-6(12)4-8(13)10(7)17/h3-4,17H,2,5H2,1H3,(H,15,16). The molecule has 0 saturated heterocycles. The average Bonchev–Trinajstić information content (AvgIpc) is 2.29. The van der Waals surface area contributed by atoms with E-state index in [1.807, 2.05) is 45.2 Å². The minimum Gasteiger partial charge on any atom is -0.506 e. The number of phenolic OH excluding ortho intramolecular Hbond substituents is 1. The molecular formula is C11H11I2NO4. The predicted octanol–water partition coefficient (Wildman–Crippen LogP) is 2.15. The van der Waals surface area contributed by atoms with Gasteiger partial charge < -0.3 is 15.1 Å². The van der Waals surface area contributed by atoms with E-state index in [9.17, 15) is 14.7 Å². The number of carbonyl (C=O) groups is 2. The van der Waals surface area contributed by atoms with Crippen molar-refractivity contribution in [1.29, 1.82) is 0 Å². The van der Waals surface area contributed by atoms with Crippen LogP contribution in [0.4, 0.5) is 0 Å². The molecule has 0 saturated carbocycles. The van der Waals surface area contributed by atoms with E-state index in [2.05, 4.69) is 0 Å². The summed E-state index contributed by atoms with van der Waals surface area (Å²) in [5, 5.41) is 18.6. The number of benzene rings is 1. The molecule has 0 aliphatic carbocycles. The molecule has 18 heavy (non-hydrogen) atoms. The summed E-state index contributed by atoms with van der Waals surface area (Å²) in [5.41, 5.74) is 0.134. The van der Waals surface area contributed by atoms with Gasteiger partial charge in [0.2, 0.25) is 0 Å². The maximum atomic E-state index is 12.1. The van der Waals surface area contributed by atoms with Crippen molar-refractivity contribution in [3.05, 3.63) is 24.8 Å². The predicted molar refractivity (Wildman–Crippen MR) is 82.8 cm³/mol. The summed E-state index contributed by atoms with van der Waals surface area (Å²) in [6, 6.07) is 3.28. The summed E-state index contributed by atoms with van der Waals surface area (Å²) in [5.74, 6) is -1.66. The first-order valence-corrected chi connectivity index (χ1v) is 7.21. The van der Waals surface area contributed by atoms with Gasteiger partial charge in [0, 0.05) is 10.1 Å². The normalized spacial score (nSPS) is 10.2. The van der Waals surface area contributed by atoms with E-state index in [0.717, 1.165) is 3.57 Å². The molecule has 1 amide bonds. The fourth-order valence-electron chi connectivity index (χ4n) is 1.39. The lowest BCUT2D eigenvalue weighted by molar-refractivity contribution is -0.137. The summed E-state index contributed by atoms with van der Waals surface area (Å²) < 4.78 is 1.37. The lowest BCUT2D eigenvalue weighted by Crippen LogP contribution is -2.35.